The van der Waals surface area contributed by atoms with E-state index < -0.39 is 0 Å². The van der Waals surface area contributed by atoms with Crippen LogP contribution in [0.3, 0.4) is 0 Å². The Morgan fingerprint density at radius 2 is 1.81 bits per heavy atom. The summed E-state index contributed by atoms with van der Waals surface area (Å²) < 4.78 is 0. The van der Waals surface area contributed by atoms with Crippen molar-refractivity contribution >= 4 is 23.5 Å². The minimum Gasteiger partial charge on any atom is -0.305 e. The van der Waals surface area contributed by atoms with Gasteiger partial charge in [0.25, 0.3) is 0 Å². The molecular formula is C18H18ClNO. The maximum absolute atomic E-state index is 12.6. The van der Waals surface area contributed by atoms with Gasteiger partial charge < -0.3 is 4.90 Å². The van der Waals surface area contributed by atoms with Crippen LogP contribution in [0, 0.1) is 0 Å². The Morgan fingerprint density at radius 3 is 2.43 bits per heavy atom. The smallest absolute Gasteiger partial charge is 0.190 e. The normalized spacial score (nSPS) is 11.7. The van der Waals surface area contributed by atoms with Gasteiger partial charge in [0.2, 0.25) is 0 Å². The van der Waals surface area contributed by atoms with E-state index in [1.54, 1.807) is 0 Å². The summed E-state index contributed by atoms with van der Waals surface area (Å²) in [5.74, 6) is 0.0456. The summed E-state index contributed by atoms with van der Waals surface area (Å²) >= 11 is 6.01. The van der Waals surface area contributed by atoms with Crippen molar-refractivity contribution < 1.29 is 4.79 Å². The Labute approximate surface area is 130 Å². The first-order valence-corrected chi connectivity index (χ1v) is 7.14. The van der Waals surface area contributed by atoms with Crippen LogP contribution in [0.5, 0.6) is 0 Å². The van der Waals surface area contributed by atoms with Crippen molar-refractivity contribution in [2.75, 3.05) is 20.6 Å². The molecule has 0 atom stereocenters. The van der Waals surface area contributed by atoms with Crippen molar-refractivity contribution in [3.63, 3.8) is 0 Å². The first-order valence-electron chi connectivity index (χ1n) is 6.77. The number of likely N-dealkylation sites (N-methyl/N-ethyl adjacent to an activating group) is 1. The molecule has 0 bridgehead atoms. The van der Waals surface area contributed by atoms with Gasteiger partial charge in [-0.1, -0.05) is 54.1 Å². The van der Waals surface area contributed by atoms with E-state index in [0.717, 1.165) is 11.1 Å². The highest BCUT2D eigenvalue weighted by atomic mass is 35.5. The van der Waals surface area contributed by atoms with Gasteiger partial charge in [-0.25, -0.2) is 0 Å². The van der Waals surface area contributed by atoms with Crippen molar-refractivity contribution in [1.29, 1.82) is 0 Å². The summed E-state index contributed by atoms with van der Waals surface area (Å²) in [7, 11) is 3.90. The summed E-state index contributed by atoms with van der Waals surface area (Å²) in [6.45, 7) is 0.584. The van der Waals surface area contributed by atoms with Crippen LogP contribution in [0.15, 0.2) is 60.2 Å². The summed E-state index contributed by atoms with van der Waals surface area (Å²) in [5, 5.41) is 0.667. The zero-order chi connectivity index (χ0) is 15.2. The Hall–Kier alpha value is -1.90. The lowest BCUT2D eigenvalue weighted by Gasteiger charge is -2.13. The summed E-state index contributed by atoms with van der Waals surface area (Å²) in [6.07, 6.45) is 1.90. The van der Waals surface area contributed by atoms with Crippen LogP contribution in [0.2, 0.25) is 5.02 Å². The average molecular weight is 300 g/mol. The molecular weight excluding hydrogens is 282 g/mol. The van der Waals surface area contributed by atoms with Crippen LogP contribution in [-0.4, -0.2) is 31.3 Å². The molecule has 0 aliphatic heterocycles. The molecule has 0 N–H and O–H groups in total. The van der Waals surface area contributed by atoms with Crippen LogP contribution < -0.4 is 0 Å². The number of carbonyl (C=O) groups is 1. The van der Waals surface area contributed by atoms with Gasteiger partial charge in [-0.05, 0) is 37.9 Å². The Morgan fingerprint density at radius 1 is 1.10 bits per heavy atom. The number of halogens is 1. The Kier molecular flexibility index (Phi) is 5.32. The fraction of sp³-hybridized carbons (Fsp3) is 0.167. The standard InChI is InChI=1S/C18H18ClNO/c1-20(2)13-16(11-14-7-6-10-17(19)12-14)18(21)15-8-4-3-5-9-15/h3-12H,13H2,1-2H3/b16-11+. The van der Waals surface area contributed by atoms with Gasteiger partial charge in [0, 0.05) is 22.7 Å². The van der Waals surface area contributed by atoms with Crippen molar-refractivity contribution in [2.24, 2.45) is 0 Å². The molecule has 0 spiro atoms. The van der Waals surface area contributed by atoms with Crippen molar-refractivity contribution in [2.45, 2.75) is 0 Å². The third kappa shape index (κ3) is 4.55. The molecule has 0 saturated heterocycles. The molecule has 0 aliphatic rings. The second-order valence-electron chi connectivity index (χ2n) is 5.16. The number of hydrogen-bond donors (Lipinski definition) is 0. The number of benzene rings is 2. The van der Waals surface area contributed by atoms with E-state index in [2.05, 4.69) is 0 Å². The zero-order valence-electron chi connectivity index (χ0n) is 12.2. The predicted molar refractivity (Wildman–Crippen MR) is 88.8 cm³/mol. The van der Waals surface area contributed by atoms with Gasteiger partial charge in [-0.15, -0.1) is 0 Å². The van der Waals surface area contributed by atoms with Crippen molar-refractivity contribution in [1.82, 2.24) is 4.90 Å². The van der Waals surface area contributed by atoms with Gasteiger partial charge in [-0.3, -0.25) is 4.79 Å². The molecule has 0 amide bonds. The fourth-order valence-corrected chi connectivity index (χ4v) is 2.29. The molecule has 0 radical (unpaired) electrons. The van der Waals surface area contributed by atoms with Crippen LogP contribution in [-0.2, 0) is 0 Å². The van der Waals surface area contributed by atoms with E-state index in [1.165, 1.54) is 0 Å². The lowest BCUT2D eigenvalue weighted by molar-refractivity contribution is 0.102. The molecule has 108 valence electrons. The minimum atomic E-state index is 0.0456. The lowest BCUT2D eigenvalue weighted by Crippen LogP contribution is -2.20. The van der Waals surface area contributed by atoms with Gasteiger partial charge in [0.05, 0.1) is 0 Å². The van der Waals surface area contributed by atoms with Gasteiger partial charge in [-0.2, -0.15) is 0 Å². The highest BCUT2D eigenvalue weighted by Crippen LogP contribution is 2.17. The first-order chi connectivity index (χ1) is 10.1. The number of hydrogen-bond acceptors (Lipinski definition) is 2. The second kappa shape index (κ2) is 7.21. The quantitative estimate of drug-likeness (QED) is 0.610. The van der Waals surface area contributed by atoms with Crippen LogP contribution in [0.4, 0.5) is 0 Å². The number of nitrogens with zero attached hydrogens (tertiary/aromatic N) is 1. The summed E-state index contributed by atoms with van der Waals surface area (Å²) in [5.41, 5.74) is 2.38. The molecule has 0 heterocycles. The molecule has 0 unspecified atom stereocenters. The van der Waals surface area contributed by atoms with Gasteiger partial charge in [0.1, 0.15) is 0 Å². The Balaban J connectivity index is 2.36. The molecule has 3 heteroatoms. The van der Waals surface area contributed by atoms with E-state index in [-0.39, 0.29) is 5.78 Å². The number of carbonyl (C=O) groups excluding carboxylic acids is 1. The third-order valence-electron chi connectivity index (χ3n) is 3.00. The Bertz CT molecular complexity index is 647. The van der Waals surface area contributed by atoms with Crippen LogP contribution in [0.1, 0.15) is 15.9 Å². The summed E-state index contributed by atoms with van der Waals surface area (Å²) in [6, 6.07) is 16.8. The average Bonchev–Trinajstić information content (AvgIpc) is 2.46. The minimum absolute atomic E-state index is 0.0456. The lowest BCUT2D eigenvalue weighted by atomic mass is 10.0. The third-order valence-corrected chi connectivity index (χ3v) is 3.24. The van der Waals surface area contributed by atoms with E-state index in [0.29, 0.717) is 17.1 Å². The SMILES string of the molecule is CN(C)C/C(=C\c1cccc(Cl)c1)C(=O)c1ccccc1. The molecule has 0 fully saturated rings. The highest BCUT2D eigenvalue weighted by molar-refractivity contribution is 6.30. The zero-order valence-corrected chi connectivity index (χ0v) is 13.0. The van der Waals surface area contributed by atoms with Gasteiger partial charge in [0.15, 0.2) is 5.78 Å². The van der Waals surface area contributed by atoms with Crippen molar-refractivity contribution in [3.8, 4) is 0 Å². The molecule has 0 saturated carbocycles. The summed E-state index contributed by atoms with van der Waals surface area (Å²) in [4.78, 5) is 14.6. The fourth-order valence-electron chi connectivity index (χ4n) is 2.10. The molecule has 0 aliphatic carbocycles. The molecule has 2 rings (SSSR count). The number of ketones is 1. The maximum atomic E-state index is 12.6. The van der Waals surface area contributed by atoms with Crippen molar-refractivity contribution in [3.05, 3.63) is 76.3 Å². The molecule has 2 aromatic carbocycles. The molecule has 0 aromatic heterocycles. The first kappa shape index (κ1) is 15.5. The van der Waals surface area contributed by atoms with Crippen LogP contribution >= 0.6 is 11.6 Å². The van der Waals surface area contributed by atoms with Gasteiger partial charge >= 0.3 is 0 Å². The number of rotatable bonds is 5. The largest absolute Gasteiger partial charge is 0.305 e. The molecule has 2 nitrogen and oxygen atoms in total. The highest BCUT2D eigenvalue weighted by Gasteiger charge is 2.13. The predicted octanol–water partition coefficient (Wildman–Crippen LogP) is 4.17. The second-order valence-corrected chi connectivity index (χ2v) is 5.59. The van der Waals surface area contributed by atoms with E-state index in [9.17, 15) is 4.79 Å². The monoisotopic (exact) mass is 299 g/mol. The topological polar surface area (TPSA) is 20.3 Å². The number of Topliss-reactive ketones (excluding diaryl/α,β-unsaturated/α-hetero) is 1. The van der Waals surface area contributed by atoms with E-state index >= 15 is 0 Å². The molecule has 2 aromatic rings. The van der Waals surface area contributed by atoms with Crippen LogP contribution in [0.25, 0.3) is 6.08 Å². The van der Waals surface area contributed by atoms with E-state index in [1.807, 2.05) is 79.7 Å². The molecule has 21 heavy (non-hydrogen) atoms. The maximum Gasteiger partial charge on any atom is 0.190 e. The van der Waals surface area contributed by atoms with E-state index in [4.69, 9.17) is 11.6 Å².